The third-order valence-electron chi connectivity index (χ3n) is 2.52. The first-order chi connectivity index (χ1) is 7.24. The molecule has 80 valence electrons. The molecule has 0 saturated carbocycles. The molecule has 0 amide bonds. The Morgan fingerprint density at radius 2 is 2.33 bits per heavy atom. The SMILES string of the molecule is CNCc1nn(C)c(C)c1-c1cccs1. The van der Waals surface area contributed by atoms with Gasteiger partial charge < -0.3 is 5.32 Å². The van der Waals surface area contributed by atoms with Crippen LogP contribution < -0.4 is 5.32 Å². The topological polar surface area (TPSA) is 29.9 Å². The summed E-state index contributed by atoms with van der Waals surface area (Å²) in [6, 6.07) is 4.23. The van der Waals surface area contributed by atoms with Gasteiger partial charge >= 0.3 is 0 Å². The van der Waals surface area contributed by atoms with Gasteiger partial charge in [-0.2, -0.15) is 5.10 Å². The fraction of sp³-hybridized carbons (Fsp3) is 0.364. The number of nitrogens with one attached hydrogen (secondary N) is 1. The second-order valence-corrected chi connectivity index (χ2v) is 4.49. The van der Waals surface area contributed by atoms with Crippen LogP contribution in [0.1, 0.15) is 11.4 Å². The van der Waals surface area contributed by atoms with E-state index in [2.05, 4.69) is 34.9 Å². The Balaban J connectivity index is 2.53. The highest BCUT2D eigenvalue weighted by atomic mass is 32.1. The molecule has 0 spiro atoms. The van der Waals surface area contributed by atoms with Gasteiger partial charge in [-0.05, 0) is 25.4 Å². The van der Waals surface area contributed by atoms with Crippen LogP contribution in [0.4, 0.5) is 0 Å². The van der Waals surface area contributed by atoms with Gasteiger partial charge in [0.2, 0.25) is 0 Å². The summed E-state index contributed by atoms with van der Waals surface area (Å²) in [6.45, 7) is 2.93. The number of aryl methyl sites for hydroxylation is 1. The summed E-state index contributed by atoms with van der Waals surface area (Å²) < 4.78 is 1.95. The number of hydrogen-bond acceptors (Lipinski definition) is 3. The molecule has 0 aliphatic heterocycles. The summed E-state index contributed by atoms with van der Waals surface area (Å²) in [7, 11) is 3.94. The van der Waals surface area contributed by atoms with Gasteiger partial charge in [0.15, 0.2) is 0 Å². The minimum absolute atomic E-state index is 0.814. The highest BCUT2D eigenvalue weighted by Gasteiger charge is 2.14. The summed E-state index contributed by atoms with van der Waals surface area (Å²) >= 11 is 1.76. The zero-order valence-corrected chi connectivity index (χ0v) is 10.1. The van der Waals surface area contributed by atoms with Gasteiger partial charge in [-0.3, -0.25) is 4.68 Å². The first-order valence-electron chi connectivity index (χ1n) is 4.95. The quantitative estimate of drug-likeness (QED) is 0.861. The number of nitrogens with zero attached hydrogens (tertiary/aromatic N) is 2. The van der Waals surface area contributed by atoms with Crippen LogP contribution >= 0.6 is 11.3 Å². The van der Waals surface area contributed by atoms with E-state index in [1.165, 1.54) is 16.1 Å². The van der Waals surface area contributed by atoms with Crippen LogP contribution in [0.15, 0.2) is 17.5 Å². The maximum Gasteiger partial charge on any atom is 0.0851 e. The van der Waals surface area contributed by atoms with Crippen molar-refractivity contribution in [1.82, 2.24) is 15.1 Å². The molecule has 0 radical (unpaired) electrons. The molecule has 0 unspecified atom stereocenters. The summed E-state index contributed by atoms with van der Waals surface area (Å²) in [5, 5.41) is 9.77. The number of thiophene rings is 1. The fourth-order valence-electron chi connectivity index (χ4n) is 1.71. The van der Waals surface area contributed by atoms with Crippen LogP contribution in [0.3, 0.4) is 0 Å². The summed E-state index contributed by atoms with van der Waals surface area (Å²) in [6.07, 6.45) is 0. The molecule has 2 heterocycles. The third kappa shape index (κ3) is 1.82. The Kier molecular flexibility index (Phi) is 2.88. The van der Waals surface area contributed by atoms with Crippen LogP contribution in [0.25, 0.3) is 10.4 Å². The van der Waals surface area contributed by atoms with Gasteiger partial charge in [-0.25, -0.2) is 0 Å². The van der Waals surface area contributed by atoms with E-state index in [1.807, 2.05) is 18.8 Å². The van der Waals surface area contributed by atoms with Crippen LogP contribution in [0, 0.1) is 6.92 Å². The van der Waals surface area contributed by atoms with Crippen molar-refractivity contribution in [2.24, 2.45) is 7.05 Å². The zero-order chi connectivity index (χ0) is 10.8. The van der Waals surface area contributed by atoms with Gasteiger partial charge in [0, 0.05) is 29.7 Å². The van der Waals surface area contributed by atoms with Crippen molar-refractivity contribution in [3.05, 3.63) is 28.9 Å². The van der Waals surface area contributed by atoms with Crippen LogP contribution in [-0.4, -0.2) is 16.8 Å². The van der Waals surface area contributed by atoms with Gasteiger partial charge in [0.1, 0.15) is 0 Å². The van der Waals surface area contributed by atoms with Crippen LogP contribution in [0.2, 0.25) is 0 Å². The second-order valence-electron chi connectivity index (χ2n) is 3.54. The van der Waals surface area contributed by atoms with Crippen LogP contribution in [-0.2, 0) is 13.6 Å². The molecular formula is C11H15N3S. The molecule has 0 aliphatic rings. The highest BCUT2D eigenvalue weighted by Crippen LogP contribution is 2.30. The molecule has 3 nitrogen and oxygen atoms in total. The Bertz CT molecular complexity index is 443. The van der Waals surface area contributed by atoms with Gasteiger partial charge in [0.05, 0.1) is 5.69 Å². The highest BCUT2D eigenvalue weighted by molar-refractivity contribution is 7.13. The Morgan fingerprint density at radius 3 is 2.93 bits per heavy atom. The van der Waals surface area contributed by atoms with E-state index in [0.29, 0.717) is 0 Å². The molecular weight excluding hydrogens is 206 g/mol. The van der Waals surface area contributed by atoms with E-state index in [-0.39, 0.29) is 0 Å². The first-order valence-corrected chi connectivity index (χ1v) is 5.83. The number of hydrogen-bond donors (Lipinski definition) is 1. The lowest BCUT2D eigenvalue weighted by molar-refractivity contribution is 0.698. The summed E-state index contributed by atoms with van der Waals surface area (Å²) in [5.41, 5.74) is 3.63. The van der Waals surface area contributed by atoms with Crippen molar-refractivity contribution in [1.29, 1.82) is 0 Å². The molecule has 4 heteroatoms. The number of aromatic nitrogens is 2. The average Bonchev–Trinajstić information content (AvgIpc) is 2.78. The molecule has 0 fully saturated rings. The minimum Gasteiger partial charge on any atom is -0.314 e. The molecule has 2 aromatic heterocycles. The lowest BCUT2D eigenvalue weighted by Gasteiger charge is -2.00. The molecule has 0 aromatic carbocycles. The lowest BCUT2D eigenvalue weighted by Crippen LogP contribution is -2.06. The molecule has 1 N–H and O–H groups in total. The van der Waals surface area contributed by atoms with Crippen molar-refractivity contribution in [3.8, 4) is 10.4 Å². The second kappa shape index (κ2) is 4.16. The monoisotopic (exact) mass is 221 g/mol. The molecule has 2 rings (SSSR count). The maximum absolute atomic E-state index is 4.52. The van der Waals surface area contributed by atoms with E-state index < -0.39 is 0 Å². The van der Waals surface area contributed by atoms with E-state index in [4.69, 9.17) is 0 Å². The predicted octanol–water partition coefficient (Wildman–Crippen LogP) is 2.18. The van der Waals surface area contributed by atoms with Crippen molar-refractivity contribution in [3.63, 3.8) is 0 Å². The van der Waals surface area contributed by atoms with Crippen molar-refractivity contribution in [2.45, 2.75) is 13.5 Å². The third-order valence-corrected chi connectivity index (χ3v) is 3.41. The molecule has 0 aliphatic carbocycles. The number of rotatable bonds is 3. The van der Waals surface area contributed by atoms with Gasteiger partial charge in [-0.1, -0.05) is 6.07 Å². The van der Waals surface area contributed by atoms with Gasteiger partial charge in [-0.15, -0.1) is 11.3 Å². The van der Waals surface area contributed by atoms with E-state index >= 15 is 0 Å². The Hall–Kier alpha value is -1.13. The summed E-state index contributed by atoms with van der Waals surface area (Å²) in [4.78, 5) is 1.30. The fourth-order valence-corrected chi connectivity index (χ4v) is 2.55. The minimum atomic E-state index is 0.814. The van der Waals surface area contributed by atoms with Crippen molar-refractivity contribution < 1.29 is 0 Å². The normalized spacial score (nSPS) is 10.9. The molecule has 0 atom stereocenters. The smallest absolute Gasteiger partial charge is 0.0851 e. The van der Waals surface area contributed by atoms with Crippen molar-refractivity contribution in [2.75, 3.05) is 7.05 Å². The van der Waals surface area contributed by atoms with E-state index in [0.717, 1.165) is 12.2 Å². The summed E-state index contributed by atoms with van der Waals surface area (Å²) in [5.74, 6) is 0. The standard InChI is InChI=1S/C11H15N3S/c1-8-11(10-5-4-6-15-10)9(7-12-2)13-14(8)3/h4-6,12H,7H2,1-3H3. The Labute approximate surface area is 93.7 Å². The Morgan fingerprint density at radius 1 is 1.53 bits per heavy atom. The lowest BCUT2D eigenvalue weighted by atomic mass is 10.1. The maximum atomic E-state index is 4.52. The molecule has 2 aromatic rings. The molecule has 0 saturated heterocycles. The molecule has 0 bridgehead atoms. The average molecular weight is 221 g/mol. The largest absolute Gasteiger partial charge is 0.314 e. The molecule has 15 heavy (non-hydrogen) atoms. The van der Waals surface area contributed by atoms with E-state index in [1.54, 1.807) is 11.3 Å². The first kappa shape index (κ1) is 10.4. The van der Waals surface area contributed by atoms with Crippen LogP contribution in [0.5, 0.6) is 0 Å². The van der Waals surface area contributed by atoms with E-state index in [9.17, 15) is 0 Å². The van der Waals surface area contributed by atoms with Crippen molar-refractivity contribution >= 4 is 11.3 Å². The predicted molar refractivity (Wildman–Crippen MR) is 64.0 cm³/mol. The van der Waals surface area contributed by atoms with Gasteiger partial charge in [0.25, 0.3) is 0 Å². The zero-order valence-electron chi connectivity index (χ0n) is 9.24.